The second-order valence-corrected chi connectivity index (χ2v) is 6.77. The highest BCUT2D eigenvalue weighted by Crippen LogP contribution is 2.30. The van der Waals surface area contributed by atoms with Gasteiger partial charge in [-0.15, -0.1) is 0 Å². The summed E-state index contributed by atoms with van der Waals surface area (Å²) >= 11 is 0. The molecular formula is C17H30N2O. The van der Waals surface area contributed by atoms with Gasteiger partial charge in [0, 0.05) is 12.6 Å². The molecule has 3 heteroatoms. The molecule has 0 bridgehead atoms. The van der Waals surface area contributed by atoms with Crippen molar-refractivity contribution in [2.45, 2.75) is 51.6 Å². The lowest BCUT2D eigenvalue weighted by atomic mass is 9.79. The zero-order valence-corrected chi connectivity index (χ0v) is 13.4. The maximum absolute atomic E-state index is 5.57. The lowest BCUT2D eigenvalue weighted by Gasteiger charge is -2.33. The summed E-state index contributed by atoms with van der Waals surface area (Å²) in [7, 11) is 4.24. The molecule has 3 unspecified atom stereocenters. The van der Waals surface area contributed by atoms with Crippen LogP contribution in [-0.4, -0.2) is 31.6 Å². The van der Waals surface area contributed by atoms with Crippen LogP contribution in [0, 0.1) is 11.8 Å². The van der Waals surface area contributed by atoms with Gasteiger partial charge >= 0.3 is 0 Å². The van der Waals surface area contributed by atoms with Crippen LogP contribution in [0.4, 0.5) is 0 Å². The molecule has 1 heterocycles. The number of hydrogen-bond donors (Lipinski definition) is 1. The standard InChI is InChI=1S/C17H30N2O/c1-13(2)14-7-5-8-15(11-14)18-12-16(19(3)4)17-9-6-10-20-17/h6,9-10,13-16,18H,5,7-8,11-12H2,1-4H3. The minimum Gasteiger partial charge on any atom is -0.468 e. The van der Waals surface area contributed by atoms with E-state index in [1.807, 2.05) is 6.07 Å². The molecule has 114 valence electrons. The Hall–Kier alpha value is -0.800. The highest BCUT2D eigenvalue weighted by Gasteiger charge is 2.25. The van der Waals surface area contributed by atoms with Crippen molar-refractivity contribution in [2.24, 2.45) is 11.8 Å². The summed E-state index contributed by atoms with van der Waals surface area (Å²) in [5, 5.41) is 3.77. The van der Waals surface area contributed by atoms with Gasteiger partial charge in [0.15, 0.2) is 0 Å². The molecule has 0 saturated heterocycles. The molecular weight excluding hydrogens is 248 g/mol. The predicted octanol–water partition coefficient (Wildman–Crippen LogP) is 3.69. The van der Waals surface area contributed by atoms with E-state index in [2.05, 4.69) is 44.2 Å². The van der Waals surface area contributed by atoms with Crippen molar-refractivity contribution in [3.05, 3.63) is 24.2 Å². The fourth-order valence-corrected chi connectivity index (χ4v) is 3.32. The minimum absolute atomic E-state index is 0.324. The number of nitrogens with one attached hydrogen (secondary N) is 1. The van der Waals surface area contributed by atoms with E-state index in [1.54, 1.807) is 6.26 Å². The van der Waals surface area contributed by atoms with Gasteiger partial charge in [-0.2, -0.15) is 0 Å². The van der Waals surface area contributed by atoms with Crippen LogP contribution >= 0.6 is 0 Å². The van der Waals surface area contributed by atoms with E-state index in [4.69, 9.17) is 4.42 Å². The summed E-state index contributed by atoms with van der Waals surface area (Å²) in [6.45, 7) is 5.69. The fraction of sp³-hybridized carbons (Fsp3) is 0.765. The third-order valence-electron chi connectivity index (χ3n) is 4.75. The summed E-state index contributed by atoms with van der Waals surface area (Å²) in [5.41, 5.74) is 0. The van der Waals surface area contributed by atoms with Gasteiger partial charge < -0.3 is 9.73 Å². The van der Waals surface area contributed by atoms with Crippen LogP contribution in [0.2, 0.25) is 0 Å². The second-order valence-electron chi connectivity index (χ2n) is 6.77. The predicted molar refractivity (Wildman–Crippen MR) is 83.7 cm³/mol. The van der Waals surface area contributed by atoms with E-state index in [1.165, 1.54) is 25.7 Å². The van der Waals surface area contributed by atoms with Crippen LogP contribution in [-0.2, 0) is 0 Å². The number of likely N-dealkylation sites (N-methyl/N-ethyl adjacent to an activating group) is 1. The quantitative estimate of drug-likeness (QED) is 0.860. The van der Waals surface area contributed by atoms with Crippen molar-refractivity contribution in [2.75, 3.05) is 20.6 Å². The number of rotatable bonds is 6. The first kappa shape index (κ1) is 15.6. The molecule has 3 nitrogen and oxygen atoms in total. The molecule has 1 aliphatic rings. The number of hydrogen-bond acceptors (Lipinski definition) is 3. The fourth-order valence-electron chi connectivity index (χ4n) is 3.32. The molecule has 1 N–H and O–H groups in total. The summed E-state index contributed by atoms with van der Waals surface area (Å²) in [6, 6.07) is 5.05. The van der Waals surface area contributed by atoms with Gasteiger partial charge in [0.2, 0.25) is 0 Å². The molecule has 2 rings (SSSR count). The van der Waals surface area contributed by atoms with Gasteiger partial charge in [-0.3, -0.25) is 4.90 Å². The molecule has 1 aromatic heterocycles. The van der Waals surface area contributed by atoms with E-state index in [0.29, 0.717) is 12.1 Å². The number of nitrogens with zero attached hydrogens (tertiary/aromatic N) is 1. The molecule has 1 aromatic rings. The molecule has 0 amide bonds. The molecule has 20 heavy (non-hydrogen) atoms. The molecule has 0 radical (unpaired) electrons. The first-order valence-electron chi connectivity index (χ1n) is 8.01. The van der Waals surface area contributed by atoms with Gasteiger partial charge in [-0.25, -0.2) is 0 Å². The smallest absolute Gasteiger partial charge is 0.122 e. The Labute approximate surface area is 123 Å². The maximum atomic E-state index is 5.57. The van der Waals surface area contributed by atoms with Gasteiger partial charge in [-0.1, -0.05) is 26.7 Å². The highest BCUT2D eigenvalue weighted by molar-refractivity contribution is 5.05. The molecule has 1 saturated carbocycles. The van der Waals surface area contributed by atoms with Gasteiger partial charge in [0.25, 0.3) is 0 Å². The summed E-state index contributed by atoms with van der Waals surface area (Å²) in [4.78, 5) is 2.23. The third kappa shape index (κ3) is 4.10. The SMILES string of the molecule is CC(C)C1CCCC(NCC(c2ccco2)N(C)C)C1. The van der Waals surface area contributed by atoms with Crippen molar-refractivity contribution in [3.63, 3.8) is 0 Å². The number of furan rings is 1. The molecule has 0 aromatic carbocycles. The summed E-state index contributed by atoms with van der Waals surface area (Å²) < 4.78 is 5.57. The maximum Gasteiger partial charge on any atom is 0.122 e. The molecule has 1 aliphatic carbocycles. The van der Waals surface area contributed by atoms with E-state index in [-0.39, 0.29) is 0 Å². The van der Waals surface area contributed by atoms with Crippen molar-refractivity contribution in [1.82, 2.24) is 10.2 Å². The minimum atomic E-state index is 0.324. The zero-order valence-electron chi connectivity index (χ0n) is 13.4. The largest absolute Gasteiger partial charge is 0.468 e. The average Bonchev–Trinajstić information content (AvgIpc) is 2.93. The van der Waals surface area contributed by atoms with Crippen molar-refractivity contribution < 1.29 is 4.42 Å². The van der Waals surface area contributed by atoms with Crippen LogP contribution in [0.1, 0.15) is 51.3 Å². The first-order valence-corrected chi connectivity index (χ1v) is 8.01. The Morgan fingerprint density at radius 1 is 1.35 bits per heavy atom. The van der Waals surface area contributed by atoms with Crippen molar-refractivity contribution in [1.29, 1.82) is 0 Å². The Morgan fingerprint density at radius 2 is 2.15 bits per heavy atom. The van der Waals surface area contributed by atoms with E-state index >= 15 is 0 Å². The van der Waals surface area contributed by atoms with E-state index in [9.17, 15) is 0 Å². The Morgan fingerprint density at radius 3 is 2.75 bits per heavy atom. The second kappa shape index (κ2) is 7.28. The molecule has 0 spiro atoms. The van der Waals surface area contributed by atoms with Crippen LogP contribution < -0.4 is 5.32 Å². The van der Waals surface area contributed by atoms with Crippen molar-refractivity contribution >= 4 is 0 Å². The van der Waals surface area contributed by atoms with Crippen molar-refractivity contribution in [3.8, 4) is 0 Å². The monoisotopic (exact) mass is 278 g/mol. The van der Waals surface area contributed by atoms with Gasteiger partial charge in [-0.05, 0) is 50.9 Å². The lowest BCUT2D eigenvalue weighted by Crippen LogP contribution is -2.40. The van der Waals surface area contributed by atoms with Gasteiger partial charge in [0.05, 0.1) is 12.3 Å². The molecule has 1 fully saturated rings. The Balaban J connectivity index is 1.86. The normalized spacial score (nSPS) is 25.3. The molecule has 0 aliphatic heterocycles. The lowest BCUT2D eigenvalue weighted by molar-refractivity contribution is 0.202. The van der Waals surface area contributed by atoms with Crippen LogP contribution in [0.25, 0.3) is 0 Å². The van der Waals surface area contributed by atoms with Crippen LogP contribution in [0.15, 0.2) is 22.8 Å². The Kier molecular flexibility index (Phi) is 5.67. The van der Waals surface area contributed by atoms with Crippen LogP contribution in [0.5, 0.6) is 0 Å². The summed E-state index contributed by atoms with van der Waals surface area (Å²) in [5.74, 6) is 2.76. The van der Waals surface area contributed by atoms with E-state index < -0.39 is 0 Å². The average molecular weight is 278 g/mol. The molecule has 3 atom stereocenters. The van der Waals surface area contributed by atoms with E-state index in [0.717, 1.165) is 24.1 Å². The summed E-state index contributed by atoms with van der Waals surface area (Å²) in [6.07, 6.45) is 7.19. The highest BCUT2D eigenvalue weighted by atomic mass is 16.3. The first-order chi connectivity index (χ1) is 9.58. The van der Waals surface area contributed by atoms with Gasteiger partial charge in [0.1, 0.15) is 5.76 Å². The van der Waals surface area contributed by atoms with Crippen LogP contribution in [0.3, 0.4) is 0 Å². The topological polar surface area (TPSA) is 28.4 Å². The Bertz CT molecular complexity index is 372. The third-order valence-corrected chi connectivity index (χ3v) is 4.75. The zero-order chi connectivity index (χ0) is 14.5.